The molecule has 0 aliphatic carbocycles. The lowest BCUT2D eigenvalue weighted by atomic mass is 10.0. The second-order valence-corrected chi connectivity index (χ2v) is 12.2. The highest BCUT2D eigenvalue weighted by atomic mass is 32.2. The molecule has 4 aromatic rings. The summed E-state index contributed by atoms with van der Waals surface area (Å²) >= 11 is 2.74. The van der Waals surface area contributed by atoms with Crippen LogP contribution >= 0.6 is 22.7 Å². The minimum atomic E-state index is -3.93. The molecule has 1 unspecified atom stereocenters. The summed E-state index contributed by atoms with van der Waals surface area (Å²) in [5.41, 5.74) is 1.49. The molecule has 0 radical (unpaired) electrons. The zero-order valence-electron chi connectivity index (χ0n) is 19.3. The number of carbonyl (C=O) groups excluding carboxylic acids is 1. The Balaban J connectivity index is 1.55. The monoisotopic (exact) mass is 518 g/mol. The van der Waals surface area contributed by atoms with Crippen LogP contribution in [0.15, 0.2) is 41.3 Å². The van der Waals surface area contributed by atoms with E-state index in [0.717, 1.165) is 31.2 Å². The number of amides is 1. The number of hydrogen-bond donors (Lipinski definition) is 2. The molecule has 2 N–H and O–H groups in total. The maximum atomic E-state index is 13.1. The molecule has 0 saturated carbocycles. The van der Waals surface area contributed by atoms with E-state index in [4.69, 9.17) is 4.74 Å². The second-order valence-electron chi connectivity index (χ2n) is 8.24. The molecule has 0 saturated heterocycles. The van der Waals surface area contributed by atoms with Crippen molar-refractivity contribution in [2.75, 3.05) is 11.9 Å². The normalized spacial score (nSPS) is 13.0. The molecule has 2 aromatic carbocycles. The van der Waals surface area contributed by atoms with Crippen molar-refractivity contribution in [2.45, 2.75) is 45.1 Å². The van der Waals surface area contributed by atoms with Crippen molar-refractivity contribution >= 4 is 64.2 Å². The Bertz CT molecular complexity index is 1440. The zero-order valence-corrected chi connectivity index (χ0v) is 21.7. The molecular weight excluding hydrogens is 492 g/mol. The Morgan fingerprint density at radius 2 is 1.76 bits per heavy atom. The van der Waals surface area contributed by atoms with Gasteiger partial charge in [-0.15, -0.1) is 11.3 Å². The number of sulfonamides is 1. The van der Waals surface area contributed by atoms with Crippen LogP contribution in [-0.4, -0.2) is 36.9 Å². The predicted octanol–water partition coefficient (Wildman–Crippen LogP) is 4.94. The molecule has 0 fully saturated rings. The molecule has 2 heterocycles. The maximum absolute atomic E-state index is 13.1. The number of fused-ring (bicyclic) bond motifs is 2. The van der Waals surface area contributed by atoms with Crippen LogP contribution in [0.4, 0.5) is 5.13 Å². The van der Waals surface area contributed by atoms with Gasteiger partial charge in [-0.05, 0) is 62.6 Å². The minimum absolute atomic E-state index is 0.0918. The number of aromatic nitrogens is 2. The minimum Gasteiger partial charge on any atom is -0.494 e. The number of thiazole rings is 2. The number of aryl methyl sites for hydroxylation is 1. The van der Waals surface area contributed by atoms with Crippen molar-refractivity contribution < 1.29 is 17.9 Å². The van der Waals surface area contributed by atoms with Gasteiger partial charge in [0.15, 0.2) is 5.13 Å². The van der Waals surface area contributed by atoms with Crippen LogP contribution in [0.5, 0.6) is 5.75 Å². The van der Waals surface area contributed by atoms with E-state index in [1.54, 1.807) is 12.1 Å². The largest absolute Gasteiger partial charge is 0.494 e. The van der Waals surface area contributed by atoms with E-state index >= 15 is 0 Å². The summed E-state index contributed by atoms with van der Waals surface area (Å²) < 4.78 is 36.0. The number of hydrogen-bond acceptors (Lipinski definition) is 8. The van der Waals surface area contributed by atoms with Crippen LogP contribution in [0.3, 0.4) is 0 Å². The van der Waals surface area contributed by atoms with Gasteiger partial charge < -0.3 is 10.1 Å². The average molecular weight is 519 g/mol. The van der Waals surface area contributed by atoms with Crippen LogP contribution in [0, 0.1) is 12.8 Å². The van der Waals surface area contributed by atoms with Crippen LogP contribution in [-0.2, 0) is 14.8 Å². The third-order valence-corrected chi connectivity index (χ3v) is 8.34. The Hall–Kier alpha value is -2.60. The second kappa shape index (κ2) is 9.95. The first kappa shape index (κ1) is 24.5. The van der Waals surface area contributed by atoms with E-state index in [9.17, 15) is 13.2 Å². The van der Waals surface area contributed by atoms with Gasteiger partial charge in [-0.1, -0.05) is 25.2 Å². The van der Waals surface area contributed by atoms with Gasteiger partial charge in [0.2, 0.25) is 15.9 Å². The van der Waals surface area contributed by atoms with Gasteiger partial charge in [0.1, 0.15) is 11.8 Å². The zero-order chi connectivity index (χ0) is 24.5. The van der Waals surface area contributed by atoms with E-state index in [0.29, 0.717) is 18.2 Å². The van der Waals surface area contributed by atoms with Gasteiger partial charge in [0.05, 0.1) is 36.9 Å². The molecule has 0 spiro atoms. The van der Waals surface area contributed by atoms with Crippen molar-refractivity contribution in [1.82, 2.24) is 14.7 Å². The van der Waals surface area contributed by atoms with Gasteiger partial charge in [0.25, 0.3) is 0 Å². The molecule has 0 aliphatic heterocycles. The number of ether oxygens (including phenoxy) is 1. The highest BCUT2D eigenvalue weighted by Gasteiger charge is 2.27. The van der Waals surface area contributed by atoms with Gasteiger partial charge >= 0.3 is 0 Å². The van der Waals surface area contributed by atoms with E-state index in [1.807, 2.05) is 45.9 Å². The van der Waals surface area contributed by atoms with E-state index in [2.05, 4.69) is 20.0 Å². The van der Waals surface area contributed by atoms with Gasteiger partial charge in [0, 0.05) is 0 Å². The molecule has 1 atom stereocenters. The van der Waals surface area contributed by atoms with Crippen molar-refractivity contribution in [3.05, 3.63) is 41.4 Å². The summed E-state index contributed by atoms with van der Waals surface area (Å²) in [7, 11) is -3.93. The molecule has 4 rings (SSSR count). The Morgan fingerprint density at radius 1 is 1.06 bits per heavy atom. The fraction of sp³-hybridized carbons (Fsp3) is 0.348. The SMILES string of the molecule is CCOc1ccc2nc(NC(=O)C(CC(C)C)NS(=O)(=O)c3ccc4nc(C)sc4c3)sc2c1. The first-order valence-corrected chi connectivity index (χ1v) is 14.0. The molecule has 0 aliphatic rings. The van der Waals surface area contributed by atoms with Crippen LogP contribution < -0.4 is 14.8 Å². The van der Waals surface area contributed by atoms with Gasteiger partial charge in [-0.25, -0.2) is 18.4 Å². The van der Waals surface area contributed by atoms with E-state index in [-0.39, 0.29) is 10.8 Å². The van der Waals surface area contributed by atoms with Crippen LogP contribution in [0.2, 0.25) is 0 Å². The summed E-state index contributed by atoms with van der Waals surface area (Å²) in [6.45, 7) is 8.22. The molecule has 34 heavy (non-hydrogen) atoms. The molecular formula is C23H26N4O4S3. The fourth-order valence-electron chi connectivity index (χ4n) is 3.53. The summed E-state index contributed by atoms with van der Waals surface area (Å²) in [5.74, 6) is 0.375. The molecule has 1 amide bonds. The van der Waals surface area contributed by atoms with Gasteiger partial charge in [-0.3, -0.25) is 4.79 Å². The Morgan fingerprint density at radius 3 is 2.50 bits per heavy atom. The van der Waals surface area contributed by atoms with E-state index in [1.165, 1.54) is 28.7 Å². The fourth-order valence-corrected chi connectivity index (χ4v) is 6.60. The average Bonchev–Trinajstić information content (AvgIpc) is 3.33. The lowest BCUT2D eigenvalue weighted by Gasteiger charge is -2.19. The smallest absolute Gasteiger partial charge is 0.244 e. The first-order chi connectivity index (χ1) is 16.1. The number of benzene rings is 2. The van der Waals surface area contributed by atoms with E-state index < -0.39 is 22.0 Å². The van der Waals surface area contributed by atoms with Crippen molar-refractivity contribution in [3.8, 4) is 5.75 Å². The number of carbonyl (C=O) groups is 1. The Labute approximate surface area is 206 Å². The lowest BCUT2D eigenvalue weighted by Crippen LogP contribution is -2.44. The first-order valence-electron chi connectivity index (χ1n) is 10.9. The molecule has 180 valence electrons. The van der Waals surface area contributed by atoms with Crippen LogP contribution in [0.1, 0.15) is 32.2 Å². The Kier molecular flexibility index (Phi) is 7.17. The molecule has 11 heteroatoms. The topological polar surface area (TPSA) is 110 Å². The van der Waals surface area contributed by atoms with Gasteiger partial charge in [-0.2, -0.15) is 4.72 Å². The molecule has 0 bridgehead atoms. The van der Waals surface area contributed by atoms with Crippen LogP contribution in [0.25, 0.3) is 20.4 Å². The maximum Gasteiger partial charge on any atom is 0.244 e. The summed E-state index contributed by atoms with van der Waals surface area (Å²) in [6, 6.07) is 9.37. The molecule has 8 nitrogen and oxygen atoms in total. The number of anilines is 1. The molecule has 2 aromatic heterocycles. The standard InChI is InChI=1S/C23H26N4O4S3/c1-5-31-15-6-8-18-20(11-15)33-23(25-18)26-22(28)19(10-13(2)3)27-34(29,30)16-7-9-17-21(12-16)32-14(4)24-17/h6-9,11-13,19,27H,5,10H2,1-4H3,(H,25,26,28). The third-order valence-electron chi connectivity index (χ3n) is 5.00. The van der Waals surface area contributed by atoms with Crippen molar-refractivity contribution in [3.63, 3.8) is 0 Å². The number of nitrogens with one attached hydrogen (secondary N) is 2. The quantitative estimate of drug-likeness (QED) is 0.325. The number of nitrogens with zero attached hydrogens (tertiary/aromatic N) is 2. The summed E-state index contributed by atoms with van der Waals surface area (Å²) in [4.78, 5) is 22.0. The van der Waals surface area contributed by atoms with Crippen molar-refractivity contribution in [2.24, 2.45) is 5.92 Å². The predicted molar refractivity (Wildman–Crippen MR) is 137 cm³/mol. The van der Waals surface area contributed by atoms with Crippen molar-refractivity contribution in [1.29, 1.82) is 0 Å². The number of rotatable bonds is 9. The lowest BCUT2D eigenvalue weighted by molar-refractivity contribution is -0.118. The summed E-state index contributed by atoms with van der Waals surface area (Å²) in [6.07, 6.45) is 0.340. The highest BCUT2D eigenvalue weighted by molar-refractivity contribution is 7.89. The highest BCUT2D eigenvalue weighted by Crippen LogP contribution is 2.30. The third kappa shape index (κ3) is 5.54. The summed E-state index contributed by atoms with van der Waals surface area (Å²) in [5, 5.41) is 4.05.